The molecule has 0 saturated carbocycles. The highest BCUT2D eigenvalue weighted by molar-refractivity contribution is 7.99. The Morgan fingerprint density at radius 1 is 1.20 bits per heavy atom. The lowest BCUT2D eigenvalue weighted by Gasteiger charge is -2.01. The summed E-state index contributed by atoms with van der Waals surface area (Å²) in [4.78, 5) is 5.46. The summed E-state index contributed by atoms with van der Waals surface area (Å²) in [6, 6.07) is 11.3. The van der Waals surface area contributed by atoms with Crippen molar-refractivity contribution in [3.05, 3.63) is 52.7 Å². The van der Waals surface area contributed by atoms with Crippen molar-refractivity contribution in [2.75, 3.05) is 0 Å². The SMILES string of the molecule is CC(Sc1n[nH]c(-c2ccc(Cl)cc2)n1)c1nnc(-c2cccs2)o1. The van der Waals surface area contributed by atoms with Crippen molar-refractivity contribution >= 4 is 34.7 Å². The van der Waals surface area contributed by atoms with Gasteiger partial charge in [-0.15, -0.1) is 26.6 Å². The second-order valence-corrected chi connectivity index (χ2v) is 7.85. The summed E-state index contributed by atoms with van der Waals surface area (Å²) in [5, 5.41) is 18.6. The zero-order chi connectivity index (χ0) is 17.2. The van der Waals surface area contributed by atoms with Crippen LogP contribution in [0.1, 0.15) is 18.1 Å². The quantitative estimate of drug-likeness (QED) is 0.479. The summed E-state index contributed by atoms with van der Waals surface area (Å²) < 4.78 is 5.75. The average Bonchev–Trinajstić information content (AvgIpc) is 3.36. The average molecular weight is 390 g/mol. The van der Waals surface area contributed by atoms with Crippen LogP contribution >= 0.6 is 34.7 Å². The summed E-state index contributed by atoms with van der Waals surface area (Å²) in [6.07, 6.45) is 0. The number of nitrogens with zero attached hydrogens (tertiary/aromatic N) is 4. The molecule has 3 heterocycles. The molecule has 0 aliphatic carbocycles. The largest absolute Gasteiger partial charge is 0.419 e. The first-order chi connectivity index (χ1) is 12.2. The maximum absolute atomic E-state index is 5.91. The van der Waals surface area contributed by atoms with Gasteiger partial charge in [-0.05, 0) is 42.6 Å². The Morgan fingerprint density at radius 2 is 2.04 bits per heavy atom. The van der Waals surface area contributed by atoms with Crippen LogP contribution in [-0.2, 0) is 0 Å². The molecular weight excluding hydrogens is 378 g/mol. The van der Waals surface area contributed by atoms with E-state index in [0.717, 1.165) is 10.4 Å². The Morgan fingerprint density at radius 3 is 2.80 bits per heavy atom. The molecular formula is C16H12ClN5OS2. The fourth-order valence-corrected chi connectivity index (χ4v) is 3.67. The fourth-order valence-electron chi connectivity index (χ4n) is 2.14. The van der Waals surface area contributed by atoms with Crippen molar-refractivity contribution in [1.82, 2.24) is 25.4 Å². The molecule has 4 rings (SSSR count). The van der Waals surface area contributed by atoms with Crippen LogP contribution in [0.3, 0.4) is 0 Å². The number of hydrogen-bond acceptors (Lipinski definition) is 7. The minimum atomic E-state index is -0.0601. The lowest BCUT2D eigenvalue weighted by molar-refractivity contribution is 0.510. The molecule has 0 spiro atoms. The predicted octanol–water partition coefficient (Wildman–Crippen LogP) is 5.09. The summed E-state index contributed by atoms with van der Waals surface area (Å²) in [6.45, 7) is 1.98. The molecule has 9 heteroatoms. The van der Waals surface area contributed by atoms with Gasteiger partial charge in [-0.25, -0.2) is 4.98 Å². The van der Waals surface area contributed by atoms with Gasteiger partial charge in [-0.3, -0.25) is 5.10 Å². The molecule has 0 aliphatic rings. The van der Waals surface area contributed by atoms with Crippen molar-refractivity contribution in [3.63, 3.8) is 0 Å². The van der Waals surface area contributed by atoms with Gasteiger partial charge >= 0.3 is 0 Å². The molecule has 1 atom stereocenters. The van der Waals surface area contributed by atoms with E-state index < -0.39 is 0 Å². The number of halogens is 1. The molecule has 0 fully saturated rings. The zero-order valence-corrected chi connectivity index (χ0v) is 15.4. The van der Waals surface area contributed by atoms with Gasteiger partial charge in [-0.2, -0.15) is 0 Å². The summed E-state index contributed by atoms with van der Waals surface area (Å²) >= 11 is 8.93. The van der Waals surface area contributed by atoms with Gasteiger partial charge in [0.2, 0.25) is 11.0 Å². The number of aromatic nitrogens is 5. The van der Waals surface area contributed by atoms with Crippen molar-refractivity contribution in [3.8, 4) is 22.2 Å². The van der Waals surface area contributed by atoms with E-state index in [4.69, 9.17) is 16.0 Å². The predicted molar refractivity (Wildman–Crippen MR) is 98.7 cm³/mol. The molecule has 1 aromatic carbocycles. The fraction of sp³-hybridized carbons (Fsp3) is 0.125. The van der Waals surface area contributed by atoms with Gasteiger partial charge in [0.05, 0.1) is 10.1 Å². The summed E-state index contributed by atoms with van der Waals surface area (Å²) in [5.41, 5.74) is 0.925. The number of H-pyrrole nitrogens is 1. The number of benzene rings is 1. The van der Waals surface area contributed by atoms with Crippen LogP contribution in [0.2, 0.25) is 5.02 Å². The topological polar surface area (TPSA) is 80.5 Å². The van der Waals surface area contributed by atoms with Crippen LogP contribution in [0.25, 0.3) is 22.2 Å². The third kappa shape index (κ3) is 3.60. The molecule has 0 amide bonds. The highest BCUT2D eigenvalue weighted by Crippen LogP contribution is 2.34. The second-order valence-electron chi connectivity index (χ2n) is 5.16. The Bertz CT molecular complexity index is 965. The standard InChI is InChI=1S/C16H12ClN5OS2/c1-9(14-20-21-15(23-14)12-3-2-8-24-12)25-16-18-13(19-22-16)10-4-6-11(17)7-5-10/h2-9H,1H3,(H,18,19,22). The first-order valence-corrected chi connectivity index (χ1v) is 9.55. The highest BCUT2D eigenvalue weighted by Gasteiger charge is 2.19. The van der Waals surface area contributed by atoms with Crippen LogP contribution in [0.15, 0.2) is 51.4 Å². The number of hydrogen-bond donors (Lipinski definition) is 1. The molecule has 0 radical (unpaired) electrons. The molecule has 6 nitrogen and oxygen atoms in total. The number of rotatable bonds is 5. The molecule has 1 N–H and O–H groups in total. The van der Waals surface area contributed by atoms with Gasteiger partial charge in [0.1, 0.15) is 0 Å². The molecule has 126 valence electrons. The molecule has 25 heavy (non-hydrogen) atoms. The number of aromatic amines is 1. The first-order valence-electron chi connectivity index (χ1n) is 7.41. The first kappa shape index (κ1) is 16.3. The Kier molecular flexibility index (Phi) is 4.56. The molecule has 1 unspecified atom stereocenters. The van der Waals surface area contributed by atoms with Gasteiger partial charge in [-0.1, -0.05) is 29.4 Å². The van der Waals surface area contributed by atoms with Gasteiger partial charge in [0.15, 0.2) is 5.82 Å². The van der Waals surface area contributed by atoms with E-state index in [0.29, 0.717) is 27.8 Å². The van der Waals surface area contributed by atoms with Gasteiger partial charge < -0.3 is 4.42 Å². The van der Waals surface area contributed by atoms with Gasteiger partial charge in [0.25, 0.3) is 5.89 Å². The van der Waals surface area contributed by atoms with Gasteiger partial charge in [0, 0.05) is 10.6 Å². The molecule has 0 saturated heterocycles. The highest BCUT2D eigenvalue weighted by atomic mass is 35.5. The third-order valence-electron chi connectivity index (χ3n) is 3.39. The van der Waals surface area contributed by atoms with E-state index in [-0.39, 0.29) is 5.25 Å². The van der Waals surface area contributed by atoms with Crippen LogP contribution in [-0.4, -0.2) is 25.4 Å². The maximum atomic E-state index is 5.91. The lowest BCUT2D eigenvalue weighted by Crippen LogP contribution is -1.89. The number of nitrogens with one attached hydrogen (secondary N) is 1. The van der Waals surface area contributed by atoms with Crippen LogP contribution in [0.4, 0.5) is 0 Å². The second kappa shape index (κ2) is 6.99. The van der Waals surface area contributed by atoms with E-state index in [9.17, 15) is 0 Å². The van der Waals surface area contributed by atoms with Crippen LogP contribution < -0.4 is 0 Å². The van der Waals surface area contributed by atoms with Crippen molar-refractivity contribution in [2.24, 2.45) is 0 Å². The Balaban J connectivity index is 1.48. The molecule has 0 bridgehead atoms. The third-order valence-corrected chi connectivity index (χ3v) is 5.44. The Hall–Kier alpha value is -2.16. The summed E-state index contributed by atoms with van der Waals surface area (Å²) in [7, 11) is 0. The van der Waals surface area contributed by atoms with E-state index in [1.807, 2.05) is 48.7 Å². The lowest BCUT2D eigenvalue weighted by atomic mass is 10.2. The molecule has 0 aliphatic heterocycles. The Labute approximate surface area is 156 Å². The number of thiophene rings is 1. The van der Waals surface area contributed by atoms with Crippen LogP contribution in [0.5, 0.6) is 0 Å². The smallest absolute Gasteiger partial charge is 0.257 e. The van der Waals surface area contributed by atoms with Crippen LogP contribution in [0, 0.1) is 0 Å². The maximum Gasteiger partial charge on any atom is 0.257 e. The van der Waals surface area contributed by atoms with E-state index in [1.54, 1.807) is 11.3 Å². The number of thioether (sulfide) groups is 1. The normalized spacial score (nSPS) is 12.4. The van der Waals surface area contributed by atoms with Crippen molar-refractivity contribution in [1.29, 1.82) is 0 Å². The van der Waals surface area contributed by atoms with Crippen molar-refractivity contribution in [2.45, 2.75) is 17.3 Å². The summed E-state index contributed by atoms with van der Waals surface area (Å²) in [5.74, 6) is 1.77. The zero-order valence-electron chi connectivity index (χ0n) is 13.0. The van der Waals surface area contributed by atoms with Crippen molar-refractivity contribution < 1.29 is 4.42 Å². The van der Waals surface area contributed by atoms with E-state index in [2.05, 4.69) is 25.4 Å². The van der Waals surface area contributed by atoms with E-state index >= 15 is 0 Å². The minimum absolute atomic E-state index is 0.0601. The molecule has 3 aromatic heterocycles. The molecule has 4 aromatic rings. The monoisotopic (exact) mass is 389 g/mol. The minimum Gasteiger partial charge on any atom is -0.419 e. The van der Waals surface area contributed by atoms with E-state index in [1.165, 1.54) is 11.8 Å².